The number of rotatable bonds is 9. The molecule has 0 saturated heterocycles. The number of para-hydroxylation sites is 1. The Labute approximate surface area is 393 Å². The summed E-state index contributed by atoms with van der Waals surface area (Å²) < 4.78 is 296. The highest BCUT2D eigenvalue weighted by Crippen LogP contribution is 2.31. The number of pyridine rings is 1. The minimum Gasteiger partial charge on any atom is -0.287 e. The first kappa shape index (κ1) is 52.4. The summed E-state index contributed by atoms with van der Waals surface area (Å²) in [6.45, 7) is 0.215. The number of hydrogen-bond acceptors (Lipinski definition) is 2. The van der Waals surface area contributed by atoms with E-state index in [9.17, 15) is 57.5 Å². The van der Waals surface area contributed by atoms with Crippen LogP contribution >= 0.6 is 0 Å². The Bertz CT molecular complexity index is 3270. The molecular formula is C47H17BF20N4O. The first-order valence-electron chi connectivity index (χ1n) is 19.8. The summed E-state index contributed by atoms with van der Waals surface area (Å²) >= 11 is 0. The van der Waals surface area contributed by atoms with Crippen LogP contribution in [0.2, 0.25) is 0 Å². The molecule has 0 saturated carbocycles. The van der Waals surface area contributed by atoms with Crippen molar-refractivity contribution in [3.8, 4) is 11.3 Å². The molecule has 0 amide bonds. The highest BCUT2D eigenvalue weighted by atomic mass is 19.2. The lowest BCUT2D eigenvalue weighted by molar-refractivity contribution is -0.646. The molecule has 0 bridgehead atoms. The van der Waals surface area contributed by atoms with E-state index in [2.05, 4.69) is 10.0 Å². The molecule has 374 valence electrons. The van der Waals surface area contributed by atoms with Gasteiger partial charge in [-0.1, -0.05) is 59.7 Å². The second kappa shape index (κ2) is 20.0. The van der Waals surface area contributed by atoms with E-state index < -0.39 is 144 Å². The molecular weight excluding hydrogens is 1030 g/mol. The van der Waals surface area contributed by atoms with Gasteiger partial charge < -0.3 is 0 Å². The molecule has 0 aliphatic rings. The van der Waals surface area contributed by atoms with Gasteiger partial charge in [0.05, 0.1) is 0 Å². The normalized spacial score (nSPS) is 11.4. The number of nitrogens with zero attached hydrogens (tertiary/aromatic N) is 4. The van der Waals surface area contributed by atoms with Crippen LogP contribution in [-0.4, -0.2) is 11.9 Å². The number of hydrogen-bond donors (Lipinski definition) is 0. The van der Waals surface area contributed by atoms with Crippen LogP contribution in [0, 0.1) is 116 Å². The van der Waals surface area contributed by atoms with Crippen LogP contribution in [0.1, 0.15) is 10.4 Å². The molecule has 0 aliphatic carbocycles. The molecule has 0 spiro atoms. The minimum absolute atomic E-state index is 0.0365. The molecule has 7 aromatic carbocycles. The van der Waals surface area contributed by atoms with Crippen molar-refractivity contribution >= 4 is 50.4 Å². The maximum atomic E-state index is 15.4. The standard InChI is InChI=1S/C24BF20.C23H17N4O/c26-5-1(6(27)14(35)21(42)13(5)34)25(2-7(28)15(36)22(43)16(37)8(2)29,3-9(30)17(38)23(44)18(39)10(3)31)4-11(32)19(40)24(45)20(41)12(4)33;24-26-25-20-11-6-10-19(15-20)22-14-13-17-7-4-5-12-21(17)27(22)16-23(28)18-8-2-1-3-9-18/h;1-15H,16H2/q-1;+1. The Morgan fingerprint density at radius 2 is 0.781 bits per heavy atom. The molecule has 8 aromatic rings. The van der Waals surface area contributed by atoms with E-state index in [4.69, 9.17) is 5.53 Å². The molecule has 8 rings (SSSR count). The third-order valence-electron chi connectivity index (χ3n) is 11.3. The number of carbonyl (C=O) groups excluding carboxylic acids is 1. The van der Waals surface area contributed by atoms with Crippen molar-refractivity contribution in [1.29, 1.82) is 0 Å². The summed E-state index contributed by atoms with van der Waals surface area (Å²) in [5.41, 5.74) is -1.64. The number of azide groups is 1. The number of carbonyl (C=O) groups is 1. The van der Waals surface area contributed by atoms with E-state index in [1.807, 2.05) is 89.5 Å². The average Bonchev–Trinajstić information content (AvgIpc) is 3.39. The monoisotopic (exact) mass is 1040 g/mol. The van der Waals surface area contributed by atoms with E-state index >= 15 is 35.1 Å². The van der Waals surface area contributed by atoms with Gasteiger partial charge in [-0.15, -0.1) is 21.9 Å². The second-order valence-corrected chi connectivity index (χ2v) is 15.2. The van der Waals surface area contributed by atoms with Gasteiger partial charge >= 0.3 is 0 Å². The topological polar surface area (TPSA) is 69.7 Å². The predicted octanol–water partition coefficient (Wildman–Crippen LogP) is 11.5. The number of Topliss-reactive ketones (excluding diaryl/α,β-unsaturated/α-hetero) is 1. The van der Waals surface area contributed by atoms with Gasteiger partial charge in [-0.05, 0) is 29.8 Å². The minimum atomic E-state index is -7.22. The molecule has 1 aromatic heterocycles. The lowest BCUT2D eigenvalue weighted by atomic mass is 9.12. The lowest BCUT2D eigenvalue weighted by Gasteiger charge is -2.44. The number of benzene rings is 7. The Hall–Kier alpha value is -8.41. The van der Waals surface area contributed by atoms with Crippen LogP contribution in [0.4, 0.5) is 93.5 Å². The van der Waals surface area contributed by atoms with Crippen molar-refractivity contribution in [3.05, 3.63) is 223 Å². The van der Waals surface area contributed by atoms with Crippen LogP contribution < -0.4 is 26.4 Å². The summed E-state index contributed by atoms with van der Waals surface area (Å²) in [4.78, 5) is 15.8. The molecule has 1 heterocycles. The molecule has 26 heteroatoms. The van der Waals surface area contributed by atoms with Gasteiger partial charge in [-0.3, -0.25) is 4.79 Å². The third kappa shape index (κ3) is 8.49. The maximum absolute atomic E-state index is 15.4. The van der Waals surface area contributed by atoms with E-state index in [0.29, 0.717) is 11.3 Å². The fraction of sp³-hybridized carbons (Fsp3) is 0.0213. The summed E-state index contributed by atoms with van der Waals surface area (Å²) in [6.07, 6.45) is -7.22. The zero-order valence-corrected chi connectivity index (χ0v) is 35.2. The number of aromatic nitrogens is 1. The van der Waals surface area contributed by atoms with Crippen LogP contribution in [0.25, 0.3) is 32.6 Å². The quantitative estimate of drug-likeness (QED) is 0.0163. The highest BCUT2D eigenvalue weighted by molar-refractivity contribution is 7.20. The van der Waals surface area contributed by atoms with Crippen LogP contribution in [0.3, 0.4) is 0 Å². The van der Waals surface area contributed by atoms with Crippen LogP contribution in [0.15, 0.2) is 96.1 Å². The van der Waals surface area contributed by atoms with Crippen molar-refractivity contribution in [2.24, 2.45) is 5.11 Å². The largest absolute Gasteiger partial charge is 0.287 e. The number of fused-ring (bicyclic) bond motifs is 1. The van der Waals surface area contributed by atoms with Gasteiger partial charge in [0.25, 0.3) is 0 Å². The second-order valence-electron chi connectivity index (χ2n) is 15.2. The van der Waals surface area contributed by atoms with E-state index in [1.54, 1.807) is 6.07 Å². The summed E-state index contributed by atoms with van der Waals surface area (Å²) in [5.74, 6) is -71.4. The number of halogens is 20. The zero-order valence-electron chi connectivity index (χ0n) is 35.2. The molecule has 0 N–H and O–H groups in total. The first-order valence-corrected chi connectivity index (χ1v) is 19.8. The van der Waals surface area contributed by atoms with E-state index in [0.717, 1.165) is 22.2 Å². The maximum Gasteiger partial charge on any atom is 0.227 e. The fourth-order valence-electron chi connectivity index (χ4n) is 8.20. The SMILES string of the molecule is Fc1c(F)c(F)c([B-](c2c(F)c(F)c(F)c(F)c2F)(c2c(F)c(F)c(F)c(F)c2F)c2c(F)c(F)c(F)c(F)c2F)c(F)c1F.[N-]=[N+]=Nc1cccc(-c2ccc3ccccc3[n+]2CC(=O)c2ccccc2)c1. The van der Waals surface area contributed by atoms with Crippen LogP contribution in [-0.2, 0) is 6.54 Å². The number of ketones is 1. The first-order chi connectivity index (χ1) is 34.5. The smallest absolute Gasteiger partial charge is 0.227 e. The van der Waals surface area contributed by atoms with Gasteiger partial charge in [0, 0.05) is 39.2 Å². The van der Waals surface area contributed by atoms with Gasteiger partial charge in [-0.2, -0.15) is 4.57 Å². The zero-order chi connectivity index (χ0) is 53.7. The molecule has 0 unspecified atom stereocenters. The summed E-state index contributed by atoms with van der Waals surface area (Å²) in [6, 6.07) is 28.7. The molecule has 73 heavy (non-hydrogen) atoms. The average molecular weight is 1040 g/mol. The van der Waals surface area contributed by atoms with Crippen molar-refractivity contribution in [3.63, 3.8) is 0 Å². The van der Waals surface area contributed by atoms with Crippen molar-refractivity contribution in [2.75, 3.05) is 0 Å². The predicted molar refractivity (Wildman–Crippen MR) is 218 cm³/mol. The Kier molecular flexibility index (Phi) is 14.4. The third-order valence-corrected chi connectivity index (χ3v) is 11.3. The highest BCUT2D eigenvalue weighted by Gasteiger charge is 2.52. The van der Waals surface area contributed by atoms with Gasteiger partial charge in [-0.25, -0.2) is 87.8 Å². The molecule has 0 atom stereocenters. The Morgan fingerprint density at radius 3 is 1.16 bits per heavy atom. The fourth-order valence-corrected chi connectivity index (χ4v) is 8.20. The summed E-state index contributed by atoms with van der Waals surface area (Å²) in [5, 5.41) is 4.75. The van der Waals surface area contributed by atoms with Crippen molar-refractivity contribution in [1.82, 2.24) is 0 Å². The van der Waals surface area contributed by atoms with Gasteiger partial charge in [0.1, 0.15) is 52.7 Å². The lowest BCUT2D eigenvalue weighted by Crippen LogP contribution is -2.81. The molecule has 0 fully saturated rings. The van der Waals surface area contributed by atoms with Crippen LogP contribution in [0.5, 0.6) is 0 Å². The summed E-state index contributed by atoms with van der Waals surface area (Å²) in [7, 11) is 0. The van der Waals surface area contributed by atoms with Gasteiger partial charge in [0.15, 0.2) is 69.8 Å². The van der Waals surface area contributed by atoms with E-state index in [-0.39, 0.29) is 12.3 Å². The molecule has 5 nitrogen and oxygen atoms in total. The molecule has 0 aliphatic heterocycles. The Morgan fingerprint density at radius 1 is 0.425 bits per heavy atom. The van der Waals surface area contributed by atoms with E-state index in [1.165, 1.54) is 0 Å². The van der Waals surface area contributed by atoms with Crippen molar-refractivity contribution in [2.45, 2.75) is 6.54 Å². The van der Waals surface area contributed by atoms with Crippen molar-refractivity contribution < 1.29 is 97.2 Å². The Balaban J connectivity index is 0.000000237. The molecule has 0 radical (unpaired) electrons. The van der Waals surface area contributed by atoms with Gasteiger partial charge in [0.2, 0.25) is 23.5 Å².